The van der Waals surface area contributed by atoms with E-state index in [9.17, 15) is 13.6 Å². The smallest absolute Gasteiger partial charge is 0.259 e. The SMILES string of the molecule is COc1cc(-c2c(Cl)cc(C(=O)N3CCNCC3C(F)F)c(N)c2F)c2ccccc2c1. The van der Waals surface area contributed by atoms with Crippen molar-refractivity contribution in [3.05, 3.63) is 58.9 Å². The van der Waals surface area contributed by atoms with Gasteiger partial charge in [-0.05, 0) is 34.5 Å². The molecule has 1 unspecified atom stereocenters. The molecule has 1 heterocycles. The number of nitrogens with one attached hydrogen (secondary N) is 1. The normalized spacial score (nSPS) is 16.6. The van der Waals surface area contributed by atoms with Gasteiger partial charge in [0.2, 0.25) is 0 Å². The van der Waals surface area contributed by atoms with Crippen LogP contribution in [-0.2, 0) is 0 Å². The van der Waals surface area contributed by atoms with Crippen LogP contribution in [0.1, 0.15) is 10.4 Å². The molecular formula is C23H21ClF3N3O2. The van der Waals surface area contributed by atoms with Crippen LogP contribution in [0.25, 0.3) is 21.9 Å². The first-order valence-corrected chi connectivity index (χ1v) is 10.4. The Balaban J connectivity index is 1.85. The van der Waals surface area contributed by atoms with Gasteiger partial charge in [-0.1, -0.05) is 35.9 Å². The van der Waals surface area contributed by atoms with Crippen LogP contribution in [0.3, 0.4) is 0 Å². The second kappa shape index (κ2) is 8.88. The minimum Gasteiger partial charge on any atom is -0.497 e. The van der Waals surface area contributed by atoms with Crippen LogP contribution in [-0.4, -0.2) is 50.0 Å². The fourth-order valence-electron chi connectivity index (χ4n) is 4.02. The van der Waals surface area contributed by atoms with Gasteiger partial charge in [-0.3, -0.25) is 4.79 Å². The molecule has 1 saturated heterocycles. The summed E-state index contributed by atoms with van der Waals surface area (Å²) in [4.78, 5) is 14.1. The van der Waals surface area contributed by atoms with Gasteiger partial charge in [0.15, 0.2) is 5.82 Å². The number of nitrogens with zero attached hydrogens (tertiary/aromatic N) is 1. The third-order valence-corrected chi connectivity index (χ3v) is 5.96. The maximum absolute atomic E-state index is 15.6. The molecule has 0 spiro atoms. The molecule has 9 heteroatoms. The number of piperazine rings is 1. The van der Waals surface area contributed by atoms with Crippen LogP contribution in [0.5, 0.6) is 5.75 Å². The maximum Gasteiger partial charge on any atom is 0.259 e. The van der Waals surface area contributed by atoms with Gasteiger partial charge in [0, 0.05) is 25.2 Å². The molecular weight excluding hydrogens is 443 g/mol. The summed E-state index contributed by atoms with van der Waals surface area (Å²) in [6.07, 6.45) is -2.75. The monoisotopic (exact) mass is 463 g/mol. The van der Waals surface area contributed by atoms with E-state index < -0.39 is 29.9 Å². The molecule has 3 aromatic rings. The Labute approximate surface area is 187 Å². The highest BCUT2D eigenvalue weighted by atomic mass is 35.5. The van der Waals surface area contributed by atoms with Gasteiger partial charge in [0.1, 0.15) is 11.8 Å². The lowest BCUT2D eigenvalue weighted by molar-refractivity contribution is 0.0127. The second-order valence-corrected chi connectivity index (χ2v) is 7.92. The Morgan fingerprint density at radius 1 is 1.28 bits per heavy atom. The van der Waals surface area contributed by atoms with E-state index in [-0.39, 0.29) is 29.2 Å². The average Bonchev–Trinajstić information content (AvgIpc) is 2.80. The minimum absolute atomic E-state index is 0.0153. The number of hydrogen-bond acceptors (Lipinski definition) is 4. The van der Waals surface area contributed by atoms with E-state index in [1.165, 1.54) is 13.2 Å². The van der Waals surface area contributed by atoms with Gasteiger partial charge < -0.3 is 20.7 Å². The summed E-state index contributed by atoms with van der Waals surface area (Å²) in [6.45, 7) is 0.334. The number of benzene rings is 3. The summed E-state index contributed by atoms with van der Waals surface area (Å²) in [7, 11) is 1.49. The number of rotatable bonds is 4. The first kappa shape index (κ1) is 22.2. The van der Waals surface area contributed by atoms with Gasteiger partial charge in [-0.15, -0.1) is 0 Å². The second-order valence-electron chi connectivity index (χ2n) is 7.51. The van der Waals surface area contributed by atoms with Crippen LogP contribution >= 0.6 is 11.6 Å². The Morgan fingerprint density at radius 2 is 2.03 bits per heavy atom. The van der Waals surface area contributed by atoms with Gasteiger partial charge >= 0.3 is 0 Å². The number of hydrogen-bond donors (Lipinski definition) is 2. The summed E-state index contributed by atoms with van der Waals surface area (Å²) >= 11 is 6.45. The molecule has 0 aromatic heterocycles. The molecule has 0 saturated carbocycles. The quantitative estimate of drug-likeness (QED) is 0.556. The molecule has 1 aliphatic heterocycles. The van der Waals surface area contributed by atoms with Gasteiger partial charge in [-0.25, -0.2) is 13.2 Å². The van der Waals surface area contributed by atoms with Crippen LogP contribution in [0.4, 0.5) is 18.9 Å². The lowest BCUT2D eigenvalue weighted by Crippen LogP contribution is -2.56. The Kier molecular flexibility index (Phi) is 6.17. The Morgan fingerprint density at radius 3 is 2.75 bits per heavy atom. The number of anilines is 1. The molecule has 1 atom stereocenters. The van der Waals surface area contributed by atoms with Crippen molar-refractivity contribution < 1.29 is 22.7 Å². The number of ether oxygens (including phenoxy) is 1. The molecule has 0 radical (unpaired) electrons. The highest BCUT2D eigenvalue weighted by Crippen LogP contribution is 2.41. The van der Waals surface area contributed by atoms with Crippen molar-refractivity contribution >= 4 is 34.0 Å². The molecule has 168 valence electrons. The molecule has 1 fully saturated rings. The lowest BCUT2D eigenvalue weighted by atomic mass is 9.95. The average molecular weight is 464 g/mol. The molecule has 0 aliphatic carbocycles. The number of alkyl halides is 2. The standard InChI is InChI=1S/C23H21ClF3N3O2/c1-32-13-8-12-4-2-3-5-14(12)15(9-13)19-17(24)10-16(21(28)20(19)25)23(31)30-7-6-29-11-18(30)22(26)27/h2-5,8-10,18,22,29H,6-7,11,28H2,1H3. The number of nitrogen functional groups attached to an aromatic ring is 1. The van der Waals surface area contributed by atoms with Crippen LogP contribution in [0, 0.1) is 5.82 Å². The van der Waals surface area contributed by atoms with Crippen molar-refractivity contribution in [1.29, 1.82) is 0 Å². The van der Waals surface area contributed by atoms with E-state index in [2.05, 4.69) is 5.32 Å². The molecule has 1 amide bonds. The highest BCUT2D eigenvalue weighted by molar-refractivity contribution is 6.34. The Bertz CT molecular complexity index is 1190. The number of amides is 1. The summed E-state index contributed by atoms with van der Waals surface area (Å²) in [5.41, 5.74) is 5.80. The largest absolute Gasteiger partial charge is 0.497 e. The molecule has 0 bridgehead atoms. The summed E-state index contributed by atoms with van der Waals surface area (Å²) in [6, 6.07) is 10.7. The number of nitrogens with two attached hydrogens (primary N) is 1. The van der Waals surface area contributed by atoms with Gasteiger partial charge in [0.25, 0.3) is 12.3 Å². The lowest BCUT2D eigenvalue weighted by Gasteiger charge is -2.36. The summed E-state index contributed by atoms with van der Waals surface area (Å²) in [5, 5.41) is 4.30. The summed E-state index contributed by atoms with van der Waals surface area (Å²) in [5.74, 6) is -1.17. The zero-order valence-electron chi connectivity index (χ0n) is 17.2. The zero-order valence-corrected chi connectivity index (χ0v) is 17.9. The van der Waals surface area contributed by atoms with E-state index >= 15 is 4.39 Å². The predicted octanol–water partition coefficient (Wildman–Crippen LogP) is 4.57. The van der Waals surface area contributed by atoms with Crippen molar-refractivity contribution in [1.82, 2.24) is 10.2 Å². The van der Waals surface area contributed by atoms with Crippen molar-refractivity contribution in [2.75, 3.05) is 32.5 Å². The molecule has 1 aliphatic rings. The van der Waals surface area contributed by atoms with E-state index in [0.29, 0.717) is 23.2 Å². The fourth-order valence-corrected chi connectivity index (χ4v) is 4.32. The number of carbonyl (C=O) groups is 1. The molecule has 5 nitrogen and oxygen atoms in total. The first-order chi connectivity index (χ1) is 15.3. The number of halogens is 4. The third-order valence-electron chi connectivity index (χ3n) is 5.66. The number of carbonyl (C=O) groups excluding carboxylic acids is 1. The van der Waals surface area contributed by atoms with E-state index in [1.54, 1.807) is 18.2 Å². The topological polar surface area (TPSA) is 67.6 Å². The van der Waals surface area contributed by atoms with E-state index in [4.69, 9.17) is 22.1 Å². The molecule has 3 N–H and O–H groups in total. The van der Waals surface area contributed by atoms with E-state index in [0.717, 1.165) is 10.3 Å². The molecule has 3 aromatic carbocycles. The van der Waals surface area contributed by atoms with Crippen molar-refractivity contribution in [2.24, 2.45) is 0 Å². The predicted molar refractivity (Wildman–Crippen MR) is 119 cm³/mol. The first-order valence-electron chi connectivity index (χ1n) is 9.98. The number of fused-ring (bicyclic) bond motifs is 1. The van der Waals surface area contributed by atoms with E-state index in [1.807, 2.05) is 18.2 Å². The fraction of sp³-hybridized carbons (Fsp3) is 0.261. The highest BCUT2D eigenvalue weighted by Gasteiger charge is 2.35. The molecule has 4 rings (SSSR count). The van der Waals surface area contributed by atoms with Gasteiger partial charge in [-0.2, -0.15) is 0 Å². The maximum atomic E-state index is 15.6. The van der Waals surface area contributed by atoms with Crippen LogP contribution in [0.15, 0.2) is 42.5 Å². The Hall–Kier alpha value is -2.97. The third kappa shape index (κ3) is 3.84. The van der Waals surface area contributed by atoms with Crippen LogP contribution < -0.4 is 15.8 Å². The molecule has 32 heavy (non-hydrogen) atoms. The minimum atomic E-state index is -2.75. The van der Waals surface area contributed by atoms with Gasteiger partial charge in [0.05, 0.1) is 23.4 Å². The summed E-state index contributed by atoms with van der Waals surface area (Å²) < 4.78 is 47.8. The zero-order chi connectivity index (χ0) is 23.0. The van der Waals surface area contributed by atoms with Crippen molar-refractivity contribution in [3.8, 4) is 16.9 Å². The van der Waals surface area contributed by atoms with Crippen molar-refractivity contribution in [3.63, 3.8) is 0 Å². The number of methoxy groups -OCH3 is 1. The van der Waals surface area contributed by atoms with Crippen molar-refractivity contribution in [2.45, 2.75) is 12.5 Å². The van der Waals surface area contributed by atoms with Crippen LogP contribution in [0.2, 0.25) is 5.02 Å².